The molecule has 1 saturated heterocycles. The van der Waals surface area contributed by atoms with Gasteiger partial charge in [-0.1, -0.05) is 36.3 Å². The first kappa shape index (κ1) is 17.6. The second-order valence-corrected chi connectivity index (χ2v) is 6.13. The molecule has 1 N–H and O–H groups in total. The third-order valence-corrected chi connectivity index (χ3v) is 4.36. The van der Waals surface area contributed by atoms with E-state index in [4.69, 9.17) is 9.26 Å². The van der Waals surface area contributed by atoms with E-state index in [0.717, 1.165) is 25.1 Å². The van der Waals surface area contributed by atoms with Crippen molar-refractivity contribution in [3.05, 3.63) is 47.1 Å². The predicted octanol–water partition coefficient (Wildman–Crippen LogP) is 1.63. The zero-order valence-corrected chi connectivity index (χ0v) is 14.7. The van der Waals surface area contributed by atoms with E-state index in [1.807, 2.05) is 4.90 Å². The number of hydrogen-bond donors (Lipinski definition) is 1. The molecule has 0 aliphatic carbocycles. The summed E-state index contributed by atoms with van der Waals surface area (Å²) in [6.07, 6.45) is 1.01. The fourth-order valence-corrected chi connectivity index (χ4v) is 2.98. The average molecular weight is 344 g/mol. The van der Waals surface area contributed by atoms with Crippen molar-refractivity contribution >= 4 is 5.91 Å². The van der Waals surface area contributed by atoms with Gasteiger partial charge in [0.15, 0.2) is 5.82 Å². The second-order valence-electron chi connectivity index (χ2n) is 6.13. The summed E-state index contributed by atoms with van der Waals surface area (Å²) >= 11 is 0. The van der Waals surface area contributed by atoms with Crippen molar-refractivity contribution in [2.24, 2.45) is 0 Å². The van der Waals surface area contributed by atoms with Gasteiger partial charge in [0, 0.05) is 19.6 Å². The molecule has 1 aliphatic rings. The highest BCUT2D eigenvalue weighted by atomic mass is 16.5. The van der Waals surface area contributed by atoms with E-state index in [2.05, 4.69) is 46.6 Å². The first-order chi connectivity index (χ1) is 12.2. The Balaban J connectivity index is 1.60. The van der Waals surface area contributed by atoms with Crippen molar-refractivity contribution in [3.8, 4) is 0 Å². The van der Waals surface area contributed by atoms with Gasteiger partial charge in [-0.3, -0.25) is 4.79 Å². The van der Waals surface area contributed by atoms with Crippen LogP contribution in [0.4, 0.5) is 0 Å². The van der Waals surface area contributed by atoms with Gasteiger partial charge >= 0.3 is 0 Å². The normalized spacial score (nSPS) is 17.7. The first-order valence-corrected chi connectivity index (χ1v) is 8.63. The van der Waals surface area contributed by atoms with Crippen molar-refractivity contribution < 1.29 is 14.1 Å². The lowest BCUT2D eigenvalue weighted by Gasteiger charge is -2.36. The molecular formula is C18H24N4O3. The van der Waals surface area contributed by atoms with Crippen LogP contribution in [-0.4, -0.2) is 47.2 Å². The fourth-order valence-electron chi connectivity index (χ4n) is 2.98. The molecule has 2 heterocycles. The molecule has 3 rings (SSSR count). The van der Waals surface area contributed by atoms with E-state index < -0.39 is 0 Å². The van der Waals surface area contributed by atoms with Gasteiger partial charge in [-0.25, -0.2) is 0 Å². The number of carbonyl (C=O) groups excluding carboxylic acids is 1. The number of nitrogens with one attached hydrogen (secondary N) is 1. The Kier molecular flexibility index (Phi) is 5.78. The summed E-state index contributed by atoms with van der Waals surface area (Å²) in [7, 11) is 0. The summed E-state index contributed by atoms with van der Waals surface area (Å²) < 4.78 is 10.4. The molecule has 0 spiro atoms. The van der Waals surface area contributed by atoms with Gasteiger partial charge in [0.05, 0.1) is 6.04 Å². The molecule has 0 bridgehead atoms. The SMILES string of the molecule is CCc1ccc(C2CNCCN2C(=O)COCc2nc(C)no2)cc1. The molecule has 1 unspecified atom stereocenters. The molecule has 1 fully saturated rings. The first-order valence-electron chi connectivity index (χ1n) is 8.63. The number of rotatable bonds is 6. The standard InChI is InChI=1S/C18H24N4O3/c1-3-14-4-6-15(7-5-14)16-10-19-8-9-22(16)18(23)12-24-11-17-20-13(2)21-25-17/h4-7,16,19H,3,8-12H2,1-2H3. The summed E-state index contributed by atoms with van der Waals surface area (Å²) in [6, 6.07) is 8.50. The third-order valence-electron chi connectivity index (χ3n) is 4.36. The maximum absolute atomic E-state index is 12.6. The molecule has 134 valence electrons. The molecule has 1 aromatic heterocycles. The predicted molar refractivity (Wildman–Crippen MR) is 91.8 cm³/mol. The van der Waals surface area contributed by atoms with E-state index in [1.165, 1.54) is 5.56 Å². The Morgan fingerprint density at radius 2 is 2.20 bits per heavy atom. The van der Waals surface area contributed by atoms with Crippen LogP contribution < -0.4 is 5.32 Å². The van der Waals surface area contributed by atoms with Crippen molar-refractivity contribution in [1.82, 2.24) is 20.4 Å². The highest BCUT2D eigenvalue weighted by molar-refractivity contribution is 5.78. The number of nitrogens with zero attached hydrogens (tertiary/aromatic N) is 3. The van der Waals surface area contributed by atoms with Crippen LogP contribution in [0.1, 0.15) is 35.8 Å². The van der Waals surface area contributed by atoms with Crippen LogP contribution in [0.5, 0.6) is 0 Å². The Labute approximate surface area is 147 Å². The highest BCUT2D eigenvalue weighted by Gasteiger charge is 2.27. The largest absolute Gasteiger partial charge is 0.362 e. The Morgan fingerprint density at radius 1 is 1.40 bits per heavy atom. The van der Waals surface area contributed by atoms with E-state index in [0.29, 0.717) is 18.3 Å². The van der Waals surface area contributed by atoms with Gasteiger partial charge < -0.3 is 19.5 Å². The third kappa shape index (κ3) is 4.43. The van der Waals surface area contributed by atoms with Gasteiger partial charge in [-0.2, -0.15) is 4.98 Å². The Bertz CT molecular complexity index is 699. The molecule has 25 heavy (non-hydrogen) atoms. The zero-order valence-electron chi connectivity index (χ0n) is 14.7. The Morgan fingerprint density at radius 3 is 2.88 bits per heavy atom. The highest BCUT2D eigenvalue weighted by Crippen LogP contribution is 2.23. The molecule has 7 nitrogen and oxygen atoms in total. The van der Waals surface area contributed by atoms with Crippen LogP contribution in [-0.2, 0) is 22.6 Å². The van der Waals surface area contributed by atoms with E-state index >= 15 is 0 Å². The van der Waals surface area contributed by atoms with Crippen LogP contribution in [0.3, 0.4) is 0 Å². The lowest BCUT2D eigenvalue weighted by atomic mass is 10.0. The van der Waals surface area contributed by atoms with Crippen molar-refractivity contribution in [3.63, 3.8) is 0 Å². The maximum Gasteiger partial charge on any atom is 0.252 e. The summed E-state index contributed by atoms with van der Waals surface area (Å²) in [5, 5.41) is 7.06. The number of aromatic nitrogens is 2. The molecule has 1 aromatic carbocycles. The van der Waals surface area contributed by atoms with Crippen LogP contribution in [0.2, 0.25) is 0 Å². The number of amides is 1. The number of benzene rings is 1. The van der Waals surface area contributed by atoms with Crippen LogP contribution in [0, 0.1) is 6.92 Å². The Hall–Kier alpha value is -2.25. The monoisotopic (exact) mass is 344 g/mol. The summed E-state index contributed by atoms with van der Waals surface area (Å²) in [4.78, 5) is 18.6. The summed E-state index contributed by atoms with van der Waals surface area (Å²) in [6.45, 7) is 6.24. The van der Waals surface area contributed by atoms with Crippen LogP contribution in [0.25, 0.3) is 0 Å². The quantitative estimate of drug-likeness (QED) is 0.858. The maximum atomic E-state index is 12.6. The topological polar surface area (TPSA) is 80.5 Å². The lowest BCUT2D eigenvalue weighted by molar-refractivity contribution is -0.140. The van der Waals surface area contributed by atoms with E-state index in [1.54, 1.807) is 6.92 Å². The minimum Gasteiger partial charge on any atom is -0.362 e. The smallest absolute Gasteiger partial charge is 0.252 e. The molecule has 1 atom stereocenters. The fraction of sp³-hybridized carbons (Fsp3) is 0.500. The van der Waals surface area contributed by atoms with Gasteiger partial charge in [-0.15, -0.1) is 0 Å². The number of ether oxygens (including phenoxy) is 1. The number of piperazine rings is 1. The minimum atomic E-state index is -0.0256. The number of hydrogen-bond acceptors (Lipinski definition) is 6. The molecule has 1 amide bonds. The van der Waals surface area contributed by atoms with E-state index in [9.17, 15) is 4.79 Å². The van der Waals surface area contributed by atoms with Gasteiger partial charge in [0.25, 0.3) is 5.89 Å². The van der Waals surface area contributed by atoms with Crippen molar-refractivity contribution in [2.75, 3.05) is 26.2 Å². The molecule has 0 radical (unpaired) electrons. The minimum absolute atomic E-state index is 0.00493. The van der Waals surface area contributed by atoms with Crippen molar-refractivity contribution in [1.29, 1.82) is 0 Å². The molecule has 2 aromatic rings. The molecule has 7 heteroatoms. The molecular weight excluding hydrogens is 320 g/mol. The van der Waals surface area contributed by atoms with Crippen LogP contribution >= 0.6 is 0 Å². The van der Waals surface area contributed by atoms with Gasteiger partial charge in [0.1, 0.15) is 13.2 Å². The van der Waals surface area contributed by atoms with Crippen LogP contribution in [0.15, 0.2) is 28.8 Å². The molecule has 0 saturated carbocycles. The zero-order chi connectivity index (χ0) is 17.6. The van der Waals surface area contributed by atoms with Gasteiger partial charge in [0.2, 0.25) is 5.91 Å². The molecule has 1 aliphatic heterocycles. The number of aryl methyl sites for hydroxylation is 2. The summed E-state index contributed by atoms with van der Waals surface area (Å²) in [5.41, 5.74) is 2.44. The lowest BCUT2D eigenvalue weighted by Crippen LogP contribution is -2.49. The average Bonchev–Trinajstić information content (AvgIpc) is 3.07. The second kappa shape index (κ2) is 8.22. The van der Waals surface area contributed by atoms with Gasteiger partial charge in [-0.05, 0) is 24.5 Å². The van der Waals surface area contributed by atoms with Crippen molar-refractivity contribution in [2.45, 2.75) is 32.9 Å². The summed E-state index contributed by atoms with van der Waals surface area (Å²) in [5.74, 6) is 0.919. The number of carbonyl (C=O) groups is 1. The van der Waals surface area contributed by atoms with E-state index in [-0.39, 0.29) is 25.2 Å².